The minimum atomic E-state index is -1.30. The summed E-state index contributed by atoms with van der Waals surface area (Å²) >= 11 is 2.96. The minimum absolute atomic E-state index is 0.0203. The van der Waals surface area contributed by atoms with Crippen molar-refractivity contribution in [3.8, 4) is 0 Å². The molecule has 4 unspecified atom stereocenters. The molecule has 0 aliphatic rings. The third kappa shape index (κ3) is 10.5. The van der Waals surface area contributed by atoms with Gasteiger partial charge in [0, 0.05) is 18.3 Å². The number of rotatable bonds is 16. The van der Waals surface area contributed by atoms with Crippen LogP contribution in [-0.4, -0.2) is 98.7 Å². The Morgan fingerprint density at radius 1 is 1.00 bits per heavy atom. The predicted molar refractivity (Wildman–Crippen MR) is 127 cm³/mol. The molecule has 3 amide bonds. The van der Waals surface area contributed by atoms with Crippen molar-refractivity contribution in [3.63, 3.8) is 0 Å². The summed E-state index contributed by atoms with van der Waals surface area (Å²) in [5, 5.41) is 26.4. The summed E-state index contributed by atoms with van der Waals surface area (Å²) in [6.07, 6.45) is 7.14. The Morgan fingerprint density at radius 2 is 1.58 bits per heavy atom. The zero-order valence-electron chi connectivity index (χ0n) is 18.6. The van der Waals surface area contributed by atoms with E-state index in [1.54, 1.807) is 0 Å². The molecule has 1 aromatic rings. The van der Waals surface area contributed by atoms with Crippen LogP contribution in [0.5, 0.6) is 0 Å². The molecule has 1 aromatic heterocycles. The first-order chi connectivity index (χ1) is 15.7. The average Bonchev–Trinajstić information content (AvgIpc) is 3.30. The van der Waals surface area contributed by atoms with Crippen LogP contribution in [0.25, 0.3) is 0 Å². The Balaban J connectivity index is 2.81. The molecule has 8 N–H and O–H groups in total. The molecule has 0 aliphatic carbocycles. The maximum atomic E-state index is 12.8. The second-order valence-electron chi connectivity index (χ2n) is 7.15. The first-order valence-corrected chi connectivity index (χ1v) is 13.0. The number of carboxylic acids is 1. The minimum Gasteiger partial charge on any atom is -0.480 e. The van der Waals surface area contributed by atoms with E-state index in [1.807, 2.05) is 12.5 Å². The molecule has 0 aliphatic heterocycles. The number of aliphatic carboxylic acids is 1. The summed E-state index contributed by atoms with van der Waals surface area (Å²) in [5.74, 6) is -2.13. The molecule has 1 heterocycles. The highest BCUT2D eigenvalue weighted by Crippen LogP contribution is 2.05. The van der Waals surface area contributed by atoms with Crippen molar-refractivity contribution in [1.29, 1.82) is 0 Å². The molecule has 12 nitrogen and oxygen atoms in total. The number of hydrogen-bond donors (Lipinski definition) is 7. The number of aromatic nitrogens is 2. The number of hydrogen-bond acceptors (Lipinski definition) is 9. The van der Waals surface area contributed by atoms with E-state index in [0.29, 0.717) is 23.6 Å². The monoisotopic (exact) mass is 504 g/mol. The number of nitrogens with two attached hydrogens (primary N) is 1. The van der Waals surface area contributed by atoms with Crippen molar-refractivity contribution in [1.82, 2.24) is 25.9 Å². The van der Waals surface area contributed by atoms with Gasteiger partial charge in [0.25, 0.3) is 0 Å². The standard InChI is InChI=1S/C19H32N6O6S2/c1-32-5-3-12(20)16(27)25-15(9-26)18(29)23-13(4-6-33-2)17(28)24-14(19(30)31)7-11-8-21-10-22-11/h8,10,12-15,26H,3-7,9,20H2,1-2H3,(H,21,22)(H,23,29)(H,24,28)(H,25,27)(H,30,31). The molecule has 0 fully saturated rings. The van der Waals surface area contributed by atoms with E-state index in [4.69, 9.17) is 5.73 Å². The predicted octanol–water partition coefficient (Wildman–Crippen LogP) is -1.68. The Hall–Kier alpha value is -2.29. The van der Waals surface area contributed by atoms with Gasteiger partial charge >= 0.3 is 5.97 Å². The van der Waals surface area contributed by atoms with Crippen molar-refractivity contribution in [3.05, 3.63) is 18.2 Å². The van der Waals surface area contributed by atoms with Gasteiger partial charge in [-0.15, -0.1) is 0 Å². The fourth-order valence-electron chi connectivity index (χ4n) is 2.71. The number of amides is 3. The fraction of sp³-hybridized carbons (Fsp3) is 0.632. The van der Waals surface area contributed by atoms with Gasteiger partial charge in [-0.2, -0.15) is 23.5 Å². The number of aliphatic hydroxyl groups is 1. The number of carbonyl (C=O) groups is 4. The van der Waals surface area contributed by atoms with Crippen molar-refractivity contribution < 1.29 is 29.4 Å². The Kier molecular flexibility index (Phi) is 13.5. The largest absolute Gasteiger partial charge is 0.480 e. The number of nitrogens with one attached hydrogen (secondary N) is 4. The number of nitrogens with zero attached hydrogens (tertiary/aromatic N) is 1. The van der Waals surface area contributed by atoms with Crippen LogP contribution in [0.4, 0.5) is 0 Å². The summed E-state index contributed by atoms with van der Waals surface area (Å²) in [6, 6.07) is -4.45. The molecule has 186 valence electrons. The van der Waals surface area contributed by atoms with Crippen LogP contribution in [0.3, 0.4) is 0 Å². The summed E-state index contributed by atoms with van der Waals surface area (Å²) < 4.78 is 0. The molecule has 0 aromatic carbocycles. The second-order valence-corrected chi connectivity index (χ2v) is 9.13. The van der Waals surface area contributed by atoms with Crippen molar-refractivity contribution >= 4 is 47.2 Å². The smallest absolute Gasteiger partial charge is 0.326 e. The van der Waals surface area contributed by atoms with E-state index in [9.17, 15) is 29.4 Å². The molecule has 14 heteroatoms. The highest BCUT2D eigenvalue weighted by atomic mass is 32.2. The molecule has 0 bridgehead atoms. The Labute approximate surface area is 200 Å². The summed E-state index contributed by atoms with van der Waals surface area (Å²) in [4.78, 5) is 55.8. The number of thioether (sulfide) groups is 2. The van der Waals surface area contributed by atoms with Crippen LogP contribution in [0, 0.1) is 0 Å². The number of carbonyl (C=O) groups excluding carboxylic acids is 3. The van der Waals surface area contributed by atoms with Crippen LogP contribution < -0.4 is 21.7 Å². The highest BCUT2D eigenvalue weighted by Gasteiger charge is 2.30. The Bertz CT molecular complexity index is 766. The van der Waals surface area contributed by atoms with E-state index in [2.05, 4.69) is 25.9 Å². The van der Waals surface area contributed by atoms with Gasteiger partial charge in [-0.3, -0.25) is 14.4 Å². The lowest BCUT2D eigenvalue weighted by Crippen LogP contribution is -2.58. The summed E-state index contributed by atoms with van der Waals surface area (Å²) in [7, 11) is 0. The SMILES string of the molecule is CSCCC(N)C(=O)NC(CO)C(=O)NC(CCSC)C(=O)NC(Cc1cnc[nH]1)C(=O)O. The topological polar surface area (TPSA) is 200 Å². The van der Waals surface area contributed by atoms with Crippen molar-refractivity contribution in [2.75, 3.05) is 30.6 Å². The average molecular weight is 505 g/mol. The first-order valence-electron chi connectivity index (χ1n) is 10.2. The quantitative estimate of drug-likeness (QED) is 0.136. The van der Waals surface area contributed by atoms with Gasteiger partial charge in [0.15, 0.2) is 0 Å². The van der Waals surface area contributed by atoms with Gasteiger partial charge in [0.05, 0.1) is 19.0 Å². The van der Waals surface area contributed by atoms with Gasteiger partial charge < -0.3 is 36.9 Å². The molecular formula is C19H32N6O6S2. The fourth-order valence-corrected chi connectivity index (χ4v) is 3.68. The third-order valence-corrected chi connectivity index (χ3v) is 5.91. The number of imidazole rings is 1. The maximum absolute atomic E-state index is 12.8. The molecule has 0 radical (unpaired) electrons. The van der Waals surface area contributed by atoms with Crippen LogP contribution in [0.2, 0.25) is 0 Å². The lowest BCUT2D eigenvalue weighted by molar-refractivity contribution is -0.142. The first kappa shape index (κ1) is 28.7. The molecular weight excluding hydrogens is 472 g/mol. The van der Waals surface area contributed by atoms with Gasteiger partial charge in [0.2, 0.25) is 17.7 Å². The van der Waals surface area contributed by atoms with Crippen LogP contribution in [-0.2, 0) is 25.6 Å². The zero-order valence-corrected chi connectivity index (χ0v) is 20.2. The molecule has 1 rings (SSSR count). The normalized spacial score (nSPS) is 14.5. The molecule has 4 atom stereocenters. The Morgan fingerprint density at radius 3 is 2.12 bits per heavy atom. The molecule has 0 saturated carbocycles. The molecule has 0 spiro atoms. The number of carboxylic acid groups (broad SMARTS) is 1. The van der Waals surface area contributed by atoms with E-state index in [0.717, 1.165) is 0 Å². The lowest BCUT2D eigenvalue weighted by atomic mass is 10.1. The van der Waals surface area contributed by atoms with Crippen molar-refractivity contribution in [2.45, 2.75) is 43.4 Å². The second kappa shape index (κ2) is 15.5. The van der Waals surface area contributed by atoms with Crippen LogP contribution in [0.15, 0.2) is 12.5 Å². The third-order valence-electron chi connectivity index (χ3n) is 4.62. The zero-order chi connectivity index (χ0) is 24.8. The van der Waals surface area contributed by atoms with Crippen LogP contribution in [0.1, 0.15) is 18.5 Å². The molecule has 33 heavy (non-hydrogen) atoms. The number of aromatic amines is 1. The highest BCUT2D eigenvalue weighted by molar-refractivity contribution is 7.98. The van der Waals surface area contributed by atoms with Gasteiger partial charge in [-0.05, 0) is 36.9 Å². The number of aliphatic hydroxyl groups excluding tert-OH is 1. The van der Waals surface area contributed by atoms with Gasteiger partial charge in [-0.1, -0.05) is 0 Å². The molecule has 0 saturated heterocycles. The maximum Gasteiger partial charge on any atom is 0.326 e. The van der Waals surface area contributed by atoms with E-state index in [1.165, 1.54) is 36.0 Å². The van der Waals surface area contributed by atoms with Gasteiger partial charge in [-0.25, -0.2) is 9.78 Å². The van der Waals surface area contributed by atoms with Crippen LogP contribution >= 0.6 is 23.5 Å². The van der Waals surface area contributed by atoms with E-state index >= 15 is 0 Å². The van der Waals surface area contributed by atoms with E-state index in [-0.39, 0.29) is 12.8 Å². The van der Waals surface area contributed by atoms with E-state index < -0.39 is 54.5 Å². The van der Waals surface area contributed by atoms with Crippen molar-refractivity contribution in [2.24, 2.45) is 5.73 Å². The number of H-pyrrole nitrogens is 1. The van der Waals surface area contributed by atoms with Gasteiger partial charge in [0.1, 0.15) is 18.1 Å². The summed E-state index contributed by atoms with van der Waals surface area (Å²) in [5.41, 5.74) is 6.31. The lowest BCUT2D eigenvalue weighted by Gasteiger charge is -2.24. The summed E-state index contributed by atoms with van der Waals surface area (Å²) in [6.45, 7) is -0.693.